The average molecular weight is 333 g/mol. The fraction of sp³-hybridized carbons (Fsp3) is 0.211. The zero-order valence-corrected chi connectivity index (χ0v) is 14.4. The molecule has 25 heavy (non-hydrogen) atoms. The summed E-state index contributed by atoms with van der Waals surface area (Å²) in [4.78, 5) is 9.11. The van der Waals surface area contributed by atoms with Crippen molar-refractivity contribution in [3.05, 3.63) is 66.4 Å². The van der Waals surface area contributed by atoms with Gasteiger partial charge in [0.2, 0.25) is 5.89 Å². The molecule has 0 saturated heterocycles. The lowest BCUT2D eigenvalue weighted by atomic mass is 10.1. The van der Waals surface area contributed by atoms with Crippen molar-refractivity contribution in [1.82, 2.24) is 24.3 Å². The van der Waals surface area contributed by atoms with E-state index in [4.69, 9.17) is 4.42 Å². The van der Waals surface area contributed by atoms with Crippen molar-refractivity contribution in [1.29, 1.82) is 0 Å². The third kappa shape index (κ3) is 2.76. The maximum atomic E-state index is 5.66. The molecule has 0 radical (unpaired) electrons. The molecular weight excluding hydrogens is 314 g/mol. The molecule has 0 aliphatic heterocycles. The van der Waals surface area contributed by atoms with Crippen molar-refractivity contribution in [2.45, 2.75) is 19.9 Å². The topological polar surface area (TPSA) is 61.7 Å². The van der Waals surface area contributed by atoms with Gasteiger partial charge in [-0.1, -0.05) is 18.2 Å². The van der Waals surface area contributed by atoms with Crippen LogP contribution in [0.5, 0.6) is 0 Å². The highest BCUT2D eigenvalue weighted by atomic mass is 16.3. The second kappa shape index (κ2) is 6.05. The largest absolute Gasteiger partial charge is 0.444 e. The lowest BCUT2D eigenvalue weighted by Gasteiger charge is -2.14. The summed E-state index contributed by atoms with van der Waals surface area (Å²) < 4.78 is 9.59. The van der Waals surface area contributed by atoms with Crippen LogP contribution in [0.25, 0.3) is 23.0 Å². The van der Waals surface area contributed by atoms with Crippen LogP contribution in [0.4, 0.5) is 0 Å². The van der Waals surface area contributed by atoms with Gasteiger partial charge in [0.1, 0.15) is 12.0 Å². The molecule has 0 aliphatic rings. The van der Waals surface area contributed by atoms with Crippen LogP contribution in [0.3, 0.4) is 0 Å². The molecule has 1 atom stereocenters. The fourth-order valence-electron chi connectivity index (χ4n) is 3.09. The van der Waals surface area contributed by atoms with Crippen LogP contribution < -0.4 is 0 Å². The Morgan fingerprint density at radius 1 is 1.16 bits per heavy atom. The van der Waals surface area contributed by atoms with Gasteiger partial charge in [-0.15, -0.1) is 0 Å². The van der Waals surface area contributed by atoms with E-state index >= 15 is 0 Å². The Hall–Kier alpha value is -3.15. The predicted octanol–water partition coefficient (Wildman–Crippen LogP) is 3.86. The fourth-order valence-corrected chi connectivity index (χ4v) is 3.09. The molecule has 126 valence electrons. The molecule has 3 heterocycles. The zero-order chi connectivity index (χ0) is 17.4. The monoisotopic (exact) mass is 333 g/mol. The first kappa shape index (κ1) is 15.4. The number of oxazole rings is 1. The van der Waals surface area contributed by atoms with Crippen LogP contribution in [-0.2, 0) is 7.05 Å². The number of nitrogens with zero attached hydrogens (tertiary/aromatic N) is 5. The molecule has 4 aromatic rings. The van der Waals surface area contributed by atoms with E-state index < -0.39 is 0 Å². The number of hydrogen-bond donors (Lipinski definition) is 0. The summed E-state index contributed by atoms with van der Waals surface area (Å²) in [5.41, 5.74) is 3.84. The molecule has 3 aromatic heterocycles. The van der Waals surface area contributed by atoms with E-state index in [0.29, 0.717) is 5.89 Å². The Balaban J connectivity index is 1.71. The van der Waals surface area contributed by atoms with E-state index in [-0.39, 0.29) is 6.04 Å². The van der Waals surface area contributed by atoms with Crippen molar-refractivity contribution in [2.75, 3.05) is 0 Å². The number of imidazole rings is 1. The van der Waals surface area contributed by atoms with Gasteiger partial charge in [0.25, 0.3) is 0 Å². The van der Waals surface area contributed by atoms with Crippen molar-refractivity contribution in [2.24, 2.45) is 7.05 Å². The van der Waals surface area contributed by atoms with Crippen LogP contribution in [0, 0.1) is 6.92 Å². The minimum absolute atomic E-state index is 0.100. The maximum absolute atomic E-state index is 5.66. The Morgan fingerprint density at radius 3 is 2.68 bits per heavy atom. The summed E-state index contributed by atoms with van der Waals surface area (Å²) in [7, 11) is 1.93. The van der Waals surface area contributed by atoms with E-state index in [0.717, 1.165) is 28.3 Å². The maximum Gasteiger partial charge on any atom is 0.226 e. The first-order chi connectivity index (χ1) is 12.1. The molecular formula is C19H19N5O. The molecule has 0 bridgehead atoms. The van der Waals surface area contributed by atoms with Gasteiger partial charge in [-0.05, 0) is 26.0 Å². The van der Waals surface area contributed by atoms with Crippen LogP contribution in [0.1, 0.15) is 24.2 Å². The van der Waals surface area contributed by atoms with Gasteiger partial charge in [0.05, 0.1) is 11.7 Å². The first-order valence-electron chi connectivity index (χ1n) is 8.18. The number of benzene rings is 1. The molecule has 6 heteroatoms. The molecule has 0 fully saturated rings. The minimum Gasteiger partial charge on any atom is -0.444 e. The van der Waals surface area contributed by atoms with Gasteiger partial charge in [-0.25, -0.2) is 9.97 Å². The zero-order valence-electron chi connectivity index (χ0n) is 14.4. The number of hydrogen-bond acceptors (Lipinski definition) is 4. The molecule has 0 amide bonds. The standard InChI is InChI=1S/C19H19N5O/c1-13-16(11-23(3)22-13)14(2)24-10-9-20-18(24)17-12-25-19(21-17)15-7-5-4-6-8-15/h4-12,14H,1-3H3/t14-/m0/s1. The molecule has 0 aliphatic carbocycles. The van der Waals surface area contributed by atoms with Gasteiger partial charge in [-0.2, -0.15) is 5.10 Å². The van der Waals surface area contributed by atoms with Gasteiger partial charge in [-0.3, -0.25) is 4.68 Å². The van der Waals surface area contributed by atoms with Gasteiger partial charge < -0.3 is 8.98 Å². The Bertz CT molecular complexity index is 996. The third-order valence-electron chi connectivity index (χ3n) is 4.34. The lowest BCUT2D eigenvalue weighted by Crippen LogP contribution is -2.08. The number of aryl methyl sites for hydroxylation is 2. The Kier molecular flexibility index (Phi) is 3.72. The van der Waals surface area contributed by atoms with Crippen molar-refractivity contribution in [3.63, 3.8) is 0 Å². The predicted molar refractivity (Wildman–Crippen MR) is 94.9 cm³/mol. The third-order valence-corrected chi connectivity index (χ3v) is 4.34. The summed E-state index contributed by atoms with van der Waals surface area (Å²) in [6.07, 6.45) is 7.45. The SMILES string of the molecule is Cc1nn(C)cc1[C@H](C)n1ccnc1-c1coc(-c2ccccc2)n1. The summed E-state index contributed by atoms with van der Waals surface area (Å²) in [6, 6.07) is 9.95. The van der Waals surface area contributed by atoms with Gasteiger partial charge in [0.15, 0.2) is 5.82 Å². The molecule has 1 aromatic carbocycles. The Labute approximate surface area is 145 Å². The minimum atomic E-state index is 0.100. The average Bonchev–Trinajstić information content (AvgIpc) is 3.33. The quantitative estimate of drug-likeness (QED) is 0.569. The van der Waals surface area contributed by atoms with Crippen molar-refractivity contribution >= 4 is 0 Å². The summed E-state index contributed by atoms with van der Waals surface area (Å²) in [5, 5.41) is 4.44. The van der Waals surface area contributed by atoms with E-state index in [1.165, 1.54) is 0 Å². The highest BCUT2D eigenvalue weighted by molar-refractivity contribution is 5.58. The molecule has 0 spiro atoms. The van der Waals surface area contributed by atoms with Crippen LogP contribution in [0.15, 0.2) is 59.6 Å². The molecule has 4 rings (SSSR count). The van der Waals surface area contributed by atoms with E-state index in [1.807, 2.05) is 61.4 Å². The summed E-state index contributed by atoms with van der Waals surface area (Å²) in [6.45, 7) is 4.15. The number of aromatic nitrogens is 5. The normalized spacial score (nSPS) is 12.4. The van der Waals surface area contributed by atoms with E-state index in [9.17, 15) is 0 Å². The summed E-state index contributed by atoms with van der Waals surface area (Å²) in [5.74, 6) is 1.37. The smallest absolute Gasteiger partial charge is 0.226 e. The second-order valence-electron chi connectivity index (χ2n) is 6.08. The van der Waals surface area contributed by atoms with E-state index in [2.05, 4.69) is 26.6 Å². The van der Waals surface area contributed by atoms with Crippen LogP contribution in [0.2, 0.25) is 0 Å². The Morgan fingerprint density at radius 2 is 1.96 bits per heavy atom. The molecule has 0 unspecified atom stereocenters. The summed E-state index contributed by atoms with van der Waals surface area (Å²) >= 11 is 0. The number of rotatable bonds is 4. The van der Waals surface area contributed by atoms with E-state index in [1.54, 1.807) is 12.5 Å². The second-order valence-corrected chi connectivity index (χ2v) is 6.08. The molecule has 0 N–H and O–H groups in total. The van der Waals surface area contributed by atoms with Crippen LogP contribution >= 0.6 is 0 Å². The first-order valence-corrected chi connectivity index (χ1v) is 8.18. The highest BCUT2D eigenvalue weighted by Crippen LogP contribution is 2.28. The van der Waals surface area contributed by atoms with Gasteiger partial charge >= 0.3 is 0 Å². The molecule has 0 saturated carbocycles. The molecule has 6 nitrogen and oxygen atoms in total. The van der Waals surface area contributed by atoms with Gasteiger partial charge in [0, 0.05) is 36.8 Å². The lowest BCUT2D eigenvalue weighted by molar-refractivity contribution is 0.574. The van der Waals surface area contributed by atoms with Crippen LogP contribution in [-0.4, -0.2) is 24.3 Å². The van der Waals surface area contributed by atoms with Crippen molar-refractivity contribution in [3.8, 4) is 23.0 Å². The van der Waals surface area contributed by atoms with Crippen molar-refractivity contribution < 1.29 is 4.42 Å². The highest BCUT2D eigenvalue weighted by Gasteiger charge is 2.19.